The summed E-state index contributed by atoms with van der Waals surface area (Å²) in [5.74, 6) is -0.871. The van der Waals surface area contributed by atoms with Crippen molar-refractivity contribution in [1.82, 2.24) is 0 Å². The van der Waals surface area contributed by atoms with Gasteiger partial charge in [-0.3, -0.25) is 9.59 Å². The van der Waals surface area contributed by atoms with Gasteiger partial charge in [-0.25, -0.2) is 0 Å². The zero-order valence-corrected chi connectivity index (χ0v) is 32.2. The number of hydrogen-bond donors (Lipinski definition) is 1. The summed E-state index contributed by atoms with van der Waals surface area (Å²) in [6.07, 6.45) is 60.2. The van der Waals surface area contributed by atoms with Crippen LogP contribution in [0, 0.1) is 0 Å². The Morgan fingerprint density at radius 3 is 1.32 bits per heavy atom. The smallest absolute Gasteiger partial charge is 0.306 e. The van der Waals surface area contributed by atoms with Crippen LogP contribution in [-0.2, 0) is 14.3 Å². The van der Waals surface area contributed by atoms with E-state index >= 15 is 0 Å². The van der Waals surface area contributed by atoms with E-state index in [1.54, 1.807) is 0 Å². The molecule has 0 bridgehead atoms. The second-order valence-corrected chi connectivity index (χ2v) is 13.1. The third-order valence-electron chi connectivity index (χ3n) is 8.29. The molecule has 0 saturated heterocycles. The summed E-state index contributed by atoms with van der Waals surface area (Å²) in [5, 5.41) is 8.88. The Hall–Kier alpha value is -3.14. The molecule has 0 rings (SSSR count). The second kappa shape index (κ2) is 40.3. The van der Waals surface area contributed by atoms with Gasteiger partial charge in [0.05, 0.1) is 0 Å². The molecule has 282 valence electrons. The van der Waals surface area contributed by atoms with E-state index in [4.69, 9.17) is 9.84 Å². The first kappa shape index (κ1) is 46.9. The van der Waals surface area contributed by atoms with Crippen LogP contribution >= 0.6 is 0 Å². The maximum absolute atomic E-state index is 12.6. The van der Waals surface area contributed by atoms with Crippen LogP contribution in [0.25, 0.3) is 0 Å². The molecule has 4 nitrogen and oxygen atoms in total. The van der Waals surface area contributed by atoms with Crippen molar-refractivity contribution in [2.24, 2.45) is 0 Å². The van der Waals surface area contributed by atoms with Gasteiger partial charge in [-0.2, -0.15) is 0 Å². The van der Waals surface area contributed by atoms with Crippen LogP contribution in [0.4, 0.5) is 0 Å². The van der Waals surface area contributed by atoms with Crippen molar-refractivity contribution in [1.29, 1.82) is 0 Å². The van der Waals surface area contributed by atoms with E-state index in [1.165, 1.54) is 57.8 Å². The number of rotatable bonds is 35. The molecule has 1 unspecified atom stereocenters. The van der Waals surface area contributed by atoms with Gasteiger partial charge < -0.3 is 9.84 Å². The first-order chi connectivity index (χ1) is 24.6. The van der Waals surface area contributed by atoms with Crippen LogP contribution in [0.1, 0.15) is 174 Å². The lowest BCUT2D eigenvalue weighted by atomic mass is 10.0. The molecule has 0 aromatic heterocycles. The molecule has 0 saturated carbocycles. The Morgan fingerprint density at radius 1 is 0.460 bits per heavy atom. The Kier molecular flexibility index (Phi) is 37.8. The maximum atomic E-state index is 12.6. The highest BCUT2D eigenvalue weighted by Crippen LogP contribution is 2.15. The van der Waals surface area contributed by atoms with Gasteiger partial charge in [0.25, 0.3) is 0 Å². The minimum absolute atomic E-state index is 0.117. The van der Waals surface area contributed by atoms with Crippen molar-refractivity contribution in [2.45, 2.75) is 180 Å². The molecule has 0 aliphatic carbocycles. The zero-order chi connectivity index (χ0) is 36.4. The van der Waals surface area contributed by atoms with Gasteiger partial charge in [0.2, 0.25) is 0 Å². The molecule has 4 heteroatoms. The molecule has 0 aliphatic rings. The van der Waals surface area contributed by atoms with E-state index in [2.05, 4.69) is 105 Å². The van der Waals surface area contributed by atoms with Crippen LogP contribution in [0.3, 0.4) is 0 Å². The normalized spacial score (nSPS) is 13.3. The highest BCUT2D eigenvalue weighted by Gasteiger charge is 2.11. The Labute approximate surface area is 308 Å². The zero-order valence-electron chi connectivity index (χ0n) is 32.2. The average molecular weight is 691 g/mol. The van der Waals surface area contributed by atoms with Gasteiger partial charge in [0, 0.05) is 12.8 Å². The van der Waals surface area contributed by atoms with E-state index < -0.39 is 5.97 Å². The number of unbranched alkanes of at least 4 members (excludes halogenated alkanes) is 12. The Bertz CT molecular complexity index is 1010. The van der Waals surface area contributed by atoms with Crippen LogP contribution in [0.5, 0.6) is 0 Å². The maximum Gasteiger partial charge on any atom is 0.306 e. The summed E-state index contributed by atoms with van der Waals surface area (Å²) in [4.78, 5) is 23.4. The number of esters is 1. The van der Waals surface area contributed by atoms with Crippen LogP contribution in [0.2, 0.25) is 0 Å². The SMILES string of the molecule is CC/C=C\C/C=C\C/C=C\C/C=C\CCCCCCCCCCCCC(=O)OC(/C=C\C/C=C\C/C=C\C/C=C\CC)CCCCCC(=O)O. The quantitative estimate of drug-likeness (QED) is 0.0408. The molecule has 0 aliphatic heterocycles. The van der Waals surface area contributed by atoms with E-state index in [9.17, 15) is 9.59 Å². The van der Waals surface area contributed by atoms with Crippen molar-refractivity contribution in [3.8, 4) is 0 Å². The molecule has 50 heavy (non-hydrogen) atoms. The minimum atomic E-state index is -0.754. The van der Waals surface area contributed by atoms with Gasteiger partial charge in [0.1, 0.15) is 6.10 Å². The molecule has 0 radical (unpaired) electrons. The summed E-state index contributed by atoms with van der Waals surface area (Å²) in [5.41, 5.74) is 0. The summed E-state index contributed by atoms with van der Waals surface area (Å²) in [6, 6.07) is 0. The number of allylic oxidation sites excluding steroid dienone is 15. The molecule has 0 aromatic rings. The highest BCUT2D eigenvalue weighted by molar-refractivity contribution is 5.69. The van der Waals surface area contributed by atoms with Crippen LogP contribution in [0.15, 0.2) is 97.2 Å². The third kappa shape index (κ3) is 39.3. The Morgan fingerprint density at radius 2 is 0.840 bits per heavy atom. The summed E-state index contributed by atoms with van der Waals surface area (Å²) < 4.78 is 5.82. The predicted molar refractivity (Wildman–Crippen MR) is 217 cm³/mol. The number of carboxylic acids is 1. The van der Waals surface area contributed by atoms with Crippen molar-refractivity contribution < 1.29 is 19.4 Å². The summed E-state index contributed by atoms with van der Waals surface area (Å²) in [7, 11) is 0. The number of carbonyl (C=O) groups excluding carboxylic acids is 1. The van der Waals surface area contributed by atoms with Crippen molar-refractivity contribution >= 4 is 11.9 Å². The molecular weight excluding hydrogens is 617 g/mol. The Balaban J connectivity index is 3.98. The third-order valence-corrected chi connectivity index (χ3v) is 8.29. The number of ether oxygens (including phenoxy) is 1. The summed E-state index contributed by atoms with van der Waals surface area (Å²) >= 11 is 0. The van der Waals surface area contributed by atoms with Gasteiger partial charge in [-0.15, -0.1) is 0 Å². The van der Waals surface area contributed by atoms with E-state index in [-0.39, 0.29) is 18.5 Å². The minimum Gasteiger partial charge on any atom is -0.481 e. The van der Waals surface area contributed by atoms with Crippen molar-refractivity contribution in [3.05, 3.63) is 97.2 Å². The average Bonchev–Trinajstić information content (AvgIpc) is 3.10. The van der Waals surface area contributed by atoms with E-state index in [0.29, 0.717) is 12.8 Å². The molecular formula is C46H74O4. The molecule has 0 fully saturated rings. The summed E-state index contributed by atoms with van der Waals surface area (Å²) in [6.45, 7) is 4.31. The topological polar surface area (TPSA) is 63.6 Å². The van der Waals surface area contributed by atoms with Crippen LogP contribution in [-0.4, -0.2) is 23.1 Å². The van der Waals surface area contributed by atoms with Gasteiger partial charge in [0.15, 0.2) is 0 Å². The fourth-order valence-corrected chi connectivity index (χ4v) is 5.38. The molecule has 1 N–H and O–H groups in total. The first-order valence-corrected chi connectivity index (χ1v) is 20.2. The molecule has 1 atom stereocenters. The van der Waals surface area contributed by atoms with Crippen LogP contribution < -0.4 is 0 Å². The first-order valence-electron chi connectivity index (χ1n) is 20.2. The fourth-order valence-electron chi connectivity index (χ4n) is 5.38. The predicted octanol–water partition coefficient (Wildman–Crippen LogP) is 14.2. The number of carboxylic acid groups (broad SMARTS) is 1. The van der Waals surface area contributed by atoms with Crippen molar-refractivity contribution in [3.63, 3.8) is 0 Å². The second-order valence-electron chi connectivity index (χ2n) is 13.1. The van der Waals surface area contributed by atoms with Crippen molar-refractivity contribution in [2.75, 3.05) is 0 Å². The lowest BCUT2D eigenvalue weighted by molar-refractivity contribution is -0.147. The monoisotopic (exact) mass is 691 g/mol. The lowest BCUT2D eigenvalue weighted by Gasteiger charge is -2.14. The largest absolute Gasteiger partial charge is 0.481 e. The number of hydrogen-bond acceptors (Lipinski definition) is 3. The number of carbonyl (C=O) groups is 2. The highest BCUT2D eigenvalue weighted by atomic mass is 16.5. The molecule has 0 aromatic carbocycles. The van der Waals surface area contributed by atoms with E-state index in [1.807, 2.05) is 6.08 Å². The number of aliphatic carboxylic acids is 1. The fraction of sp³-hybridized carbons (Fsp3) is 0.609. The lowest BCUT2D eigenvalue weighted by Crippen LogP contribution is -2.16. The van der Waals surface area contributed by atoms with Gasteiger partial charge >= 0.3 is 11.9 Å². The molecule has 0 amide bonds. The molecule has 0 heterocycles. The molecule has 0 spiro atoms. The standard InChI is InChI=1S/C46H74O4/c1-3-5-7-9-11-13-15-16-17-18-19-20-21-22-23-24-25-26-28-30-32-34-39-43-46(49)50-44(41-37-35-38-42-45(47)48)40-36-33-31-29-27-14-12-10-8-6-4-2/h5-8,11-14,16-17,19-20,29,31,36,40,44H,3-4,9-10,15,18,21-28,30,32-35,37-39,41-43H2,1-2H3,(H,47,48)/b7-5-,8-6-,13-11-,14-12-,17-16-,20-19-,31-29-,40-36-. The van der Waals surface area contributed by atoms with E-state index in [0.717, 1.165) is 83.5 Å². The van der Waals surface area contributed by atoms with Gasteiger partial charge in [-0.05, 0) is 96.0 Å². The van der Waals surface area contributed by atoms with Gasteiger partial charge in [-0.1, -0.05) is 163 Å².